The summed E-state index contributed by atoms with van der Waals surface area (Å²) in [7, 11) is 0. The number of aryl methyl sites for hydroxylation is 1. The van der Waals surface area contributed by atoms with Crippen LogP contribution in [0.5, 0.6) is 0 Å². The van der Waals surface area contributed by atoms with E-state index in [9.17, 15) is 0 Å². The Morgan fingerprint density at radius 3 is 2.82 bits per heavy atom. The van der Waals surface area contributed by atoms with Crippen molar-refractivity contribution in [3.05, 3.63) is 68.9 Å². The zero-order valence-corrected chi connectivity index (χ0v) is 14.2. The Morgan fingerprint density at radius 2 is 2.05 bits per heavy atom. The van der Waals surface area contributed by atoms with Gasteiger partial charge in [-0.2, -0.15) is 14.9 Å². The summed E-state index contributed by atoms with van der Waals surface area (Å²) >= 11 is 8.78. The number of aromatic nitrogens is 3. The van der Waals surface area contributed by atoms with E-state index in [1.165, 1.54) is 0 Å². The first-order valence-corrected chi connectivity index (χ1v) is 7.88. The molecule has 0 fully saturated rings. The van der Waals surface area contributed by atoms with Gasteiger partial charge < -0.3 is 0 Å². The van der Waals surface area contributed by atoms with Crippen molar-refractivity contribution in [1.82, 2.24) is 14.9 Å². The van der Waals surface area contributed by atoms with E-state index >= 15 is 0 Å². The number of benzene rings is 2. The first kappa shape index (κ1) is 14.9. The van der Waals surface area contributed by atoms with Gasteiger partial charge in [0.1, 0.15) is 0 Å². The number of nitrogens with one attached hydrogen (secondary N) is 1. The van der Waals surface area contributed by atoms with Crippen molar-refractivity contribution in [2.45, 2.75) is 6.92 Å². The second-order valence-electron chi connectivity index (χ2n) is 4.80. The smallest absolute Gasteiger partial charge is 0.216 e. The van der Waals surface area contributed by atoms with E-state index in [1.54, 1.807) is 10.9 Å². The van der Waals surface area contributed by atoms with Gasteiger partial charge >= 0.3 is 0 Å². The van der Waals surface area contributed by atoms with E-state index < -0.39 is 0 Å². The maximum absolute atomic E-state index is 5.27. The number of hydrogen-bond acceptors (Lipinski definition) is 3. The summed E-state index contributed by atoms with van der Waals surface area (Å²) < 4.78 is 3.06. The minimum absolute atomic E-state index is 0.458. The number of halogens is 1. The predicted octanol–water partition coefficient (Wildman–Crippen LogP) is 4.56. The van der Waals surface area contributed by atoms with Gasteiger partial charge in [0.2, 0.25) is 4.77 Å². The van der Waals surface area contributed by atoms with Gasteiger partial charge in [-0.3, -0.25) is 0 Å². The van der Waals surface area contributed by atoms with Gasteiger partial charge in [-0.1, -0.05) is 57.9 Å². The Labute approximate surface area is 141 Å². The quantitative estimate of drug-likeness (QED) is 0.540. The maximum Gasteiger partial charge on any atom is 0.216 e. The third-order valence-electron chi connectivity index (χ3n) is 3.14. The predicted molar refractivity (Wildman–Crippen MR) is 94.7 cm³/mol. The average Bonchev–Trinajstić information content (AvgIpc) is 2.87. The van der Waals surface area contributed by atoms with Crippen LogP contribution in [-0.4, -0.2) is 21.1 Å². The lowest BCUT2D eigenvalue weighted by molar-refractivity contribution is 0.871. The summed E-state index contributed by atoms with van der Waals surface area (Å²) in [6, 6.07) is 15.9. The Bertz CT molecular complexity index is 895. The first-order chi connectivity index (χ1) is 10.6. The number of nitrogens with zero attached hydrogens (tertiary/aromatic N) is 3. The van der Waals surface area contributed by atoms with Crippen molar-refractivity contribution in [2.75, 3.05) is 0 Å². The van der Waals surface area contributed by atoms with Crippen LogP contribution in [0.3, 0.4) is 0 Å². The molecule has 0 unspecified atom stereocenters. The second kappa shape index (κ2) is 6.37. The second-order valence-corrected chi connectivity index (χ2v) is 6.04. The molecule has 3 rings (SSSR count). The molecule has 0 saturated heterocycles. The van der Waals surface area contributed by atoms with Crippen LogP contribution in [0.25, 0.3) is 11.4 Å². The molecule has 0 aliphatic heterocycles. The van der Waals surface area contributed by atoms with Gasteiger partial charge in [0.15, 0.2) is 5.82 Å². The molecular formula is C16H13BrN4S. The summed E-state index contributed by atoms with van der Waals surface area (Å²) in [4.78, 5) is 0. The third-order valence-corrected chi connectivity index (χ3v) is 4.13. The van der Waals surface area contributed by atoms with Gasteiger partial charge in [0, 0.05) is 15.6 Å². The lowest BCUT2D eigenvalue weighted by Gasteiger charge is -2.02. The average molecular weight is 373 g/mol. The Hall–Kier alpha value is -2.05. The SMILES string of the molecule is Cc1cccc(-c2n[nH]c(=S)n2N=Cc2ccccc2Br)c1. The van der Waals surface area contributed by atoms with Crippen molar-refractivity contribution < 1.29 is 0 Å². The molecule has 4 nitrogen and oxygen atoms in total. The highest BCUT2D eigenvalue weighted by atomic mass is 79.9. The van der Waals surface area contributed by atoms with Crippen LogP contribution in [0, 0.1) is 11.7 Å². The minimum atomic E-state index is 0.458. The first-order valence-electron chi connectivity index (χ1n) is 6.68. The number of aromatic amines is 1. The molecule has 0 aliphatic rings. The molecule has 3 aromatic rings. The van der Waals surface area contributed by atoms with E-state index in [0.29, 0.717) is 10.6 Å². The van der Waals surface area contributed by atoms with Gasteiger partial charge in [-0.25, -0.2) is 5.10 Å². The van der Waals surface area contributed by atoms with Gasteiger partial charge in [-0.15, -0.1) is 0 Å². The highest BCUT2D eigenvalue weighted by Crippen LogP contribution is 2.19. The maximum atomic E-state index is 5.27. The summed E-state index contributed by atoms with van der Waals surface area (Å²) in [6.45, 7) is 2.04. The van der Waals surface area contributed by atoms with E-state index in [4.69, 9.17) is 12.2 Å². The lowest BCUT2D eigenvalue weighted by Crippen LogP contribution is -1.95. The lowest BCUT2D eigenvalue weighted by atomic mass is 10.1. The molecule has 1 N–H and O–H groups in total. The largest absolute Gasteiger partial charge is 0.250 e. The summed E-state index contributed by atoms with van der Waals surface area (Å²) in [6.07, 6.45) is 1.76. The van der Waals surface area contributed by atoms with E-state index in [-0.39, 0.29) is 0 Å². The Kier molecular flexibility index (Phi) is 4.31. The Morgan fingerprint density at radius 1 is 1.23 bits per heavy atom. The fraction of sp³-hybridized carbons (Fsp3) is 0.0625. The molecule has 6 heteroatoms. The van der Waals surface area contributed by atoms with Crippen LogP contribution in [0.4, 0.5) is 0 Å². The molecule has 0 bridgehead atoms. The van der Waals surface area contributed by atoms with Crippen LogP contribution in [0.1, 0.15) is 11.1 Å². The van der Waals surface area contributed by atoms with Crippen molar-refractivity contribution in [1.29, 1.82) is 0 Å². The standard InChI is InChI=1S/C16H13BrN4S/c1-11-5-4-7-12(9-11)15-19-20-16(22)21(15)18-10-13-6-2-3-8-14(13)17/h2-10H,1H3,(H,20,22). The molecule has 22 heavy (non-hydrogen) atoms. The number of rotatable bonds is 3. The molecule has 0 saturated carbocycles. The Balaban J connectivity index is 2.04. The van der Waals surface area contributed by atoms with Crippen molar-refractivity contribution in [3.8, 4) is 11.4 Å². The van der Waals surface area contributed by atoms with Crippen molar-refractivity contribution in [3.63, 3.8) is 0 Å². The molecule has 1 heterocycles. The highest BCUT2D eigenvalue weighted by molar-refractivity contribution is 9.10. The molecule has 0 aliphatic carbocycles. The van der Waals surface area contributed by atoms with E-state index in [2.05, 4.69) is 37.3 Å². The zero-order valence-electron chi connectivity index (χ0n) is 11.8. The van der Waals surface area contributed by atoms with Crippen LogP contribution in [-0.2, 0) is 0 Å². The van der Waals surface area contributed by atoms with Gasteiger partial charge in [-0.05, 0) is 31.3 Å². The van der Waals surface area contributed by atoms with Crippen LogP contribution in [0.2, 0.25) is 0 Å². The van der Waals surface area contributed by atoms with Crippen LogP contribution in [0.15, 0.2) is 58.1 Å². The van der Waals surface area contributed by atoms with E-state index in [1.807, 2.05) is 49.4 Å². The van der Waals surface area contributed by atoms with Crippen LogP contribution < -0.4 is 0 Å². The normalized spacial score (nSPS) is 11.2. The third kappa shape index (κ3) is 3.08. The van der Waals surface area contributed by atoms with Crippen molar-refractivity contribution >= 4 is 34.4 Å². The monoisotopic (exact) mass is 372 g/mol. The molecular weight excluding hydrogens is 360 g/mol. The molecule has 0 atom stereocenters. The zero-order chi connectivity index (χ0) is 15.5. The van der Waals surface area contributed by atoms with Gasteiger partial charge in [0.25, 0.3) is 0 Å². The highest BCUT2D eigenvalue weighted by Gasteiger charge is 2.08. The van der Waals surface area contributed by atoms with Crippen LogP contribution >= 0.6 is 28.1 Å². The fourth-order valence-corrected chi connectivity index (χ4v) is 2.64. The minimum Gasteiger partial charge on any atom is -0.250 e. The summed E-state index contributed by atoms with van der Waals surface area (Å²) in [5, 5.41) is 11.5. The topological polar surface area (TPSA) is 46.0 Å². The van der Waals surface area contributed by atoms with Crippen molar-refractivity contribution in [2.24, 2.45) is 5.10 Å². The fourth-order valence-electron chi connectivity index (χ4n) is 2.07. The van der Waals surface area contributed by atoms with Gasteiger partial charge in [0.05, 0.1) is 6.21 Å². The summed E-state index contributed by atoms with van der Waals surface area (Å²) in [5.41, 5.74) is 3.10. The number of hydrogen-bond donors (Lipinski definition) is 1. The molecule has 0 radical (unpaired) electrons. The molecule has 110 valence electrons. The van der Waals surface area contributed by atoms with E-state index in [0.717, 1.165) is 21.2 Å². The molecule has 0 amide bonds. The molecule has 1 aromatic heterocycles. The molecule has 2 aromatic carbocycles. The summed E-state index contributed by atoms with van der Waals surface area (Å²) in [5.74, 6) is 0.692. The molecule has 0 spiro atoms. The number of H-pyrrole nitrogens is 1.